The van der Waals surface area contributed by atoms with Crippen LogP contribution < -0.4 is 0 Å². The quantitative estimate of drug-likeness (QED) is 0.0125. The number of phosphoric ester groups is 1. The fraction of sp³-hybridized carbons (Fsp3) is 0.744. The third-order valence-electron chi connectivity index (χ3n) is 8.59. The van der Waals surface area contributed by atoms with Crippen molar-refractivity contribution in [3.05, 3.63) is 48.6 Å². The number of quaternary nitrogens is 1. The Labute approximate surface area is 329 Å². The van der Waals surface area contributed by atoms with Crippen LogP contribution in [0.5, 0.6) is 0 Å². The molecule has 10 nitrogen and oxygen atoms in total. The van der Waals surface area contributed by atoms with E-state index >= 15 is 0 Å². The molecule has 0 aliphatic rings. The van der Waals surface area contributed by atoms with E-state index in [-0.39, 0.29) is 31.8 Å². The fourth-order valence-corrected chi connectivity index (χ4v) is 6.00. The molecule has 0 aromatic heterocycles. The van der Waals surface area contributed by atoms with Crippen molar-refractivity contribution < 1.29 is 46.8 Å². The van der Waals surface area contributed by atoms with Gasteiger partial charge in [-0.3, -0.25) is 23.4 Å². The lowest BCUT2D eigenvalue weighted by atomic mass is 10.0. The molecular formula is C43H77NO9P+. The SMILES string of the molecule is CCCCCCCCCCCCCCC(=O)O[C@H](COC(=O)CCC/C=C\C/C=C\C/C=C\C=C\C(=O)CCCCC)COP(=O)(O)OCC[N+](C)(C)C. The highest BCUT2D eigenvalue weighted by Crippen LogP contribution is 2.43. The molecule has 0 fully saturated rings. The molecule has 0 saturated heterocycles. The van der Waals surface area contributed by atoms with Crippen LogP contribution in [0, 0.1) is 0 Å². The molecule has 54 heavy (non-hydrogen) atoms. The number of ether oxygens (including phenoxy) is 2. The van der Waals surface area contributed by atoms with Crippen LogP contribution in [-0.4, -0.2) is 80.7 Å². The molecular weight excluding hydrogens is 705 g/mol. The first-order valence-electron chi connectivity index (χ1n) is 20.8. The van der Waals surface area contributed by atoms with Gasteiger partial charge < -0.3 is 18.9 Å². The van der Waals surface area contributed by atoms with Gasteiger partial charge in [0.05, 0.1) is 27.7 Å². The van der Waals surface area contributed by atoms with E-state index in [1.165, 1.54) is 51.4 Å². The number of ketones is 1. The summed E-state index contributed by atoms with van der Waals surface area (Å²) in [5.41, 5.74) is 0. The van der Waals surface area contributed by atoms with Crippen LogP contribution in [0.4, 0.5) is 0 Å². The third-order valence-corrected chi connectivity index (χ3v) is 9.57. The van der Waals surface area contributed by atoms with Gasteiger partial charge in [0.25, 0.3) is 0 Å². The second kappa shape index (κ2) is 35.1. The summed E-state index contributed by atoms with van der Waals surface area (Å²) in [5, 5.41) is 0. The van der Waals surface area contributed by atoms with Gasteiger partial charge in [-0.05, 0) is 44.6 Å². The zero-order valence-corrected chi connectivity index (χ0v) is 35.6. The van der Waals surface area contributed by atoms with Crippen molar-refractivity contribution in [3.8, 4) is 0 Å². The Kier molecular flexibility index (Phi) is 33.5. The molecule has 2 atom stereocenters. The van der Waals surface area contributed by atoms with Crippen LogP contribution in [0.3, 0.4) is 0 Å². The fourth-order valence-electron chi connectivity index (χ4n) is 5.25. The van der Waals surface area contributed by atoms with Gasteiger partial charge in [-0.25, -0.2) is 4.57 Å². The minimum Gasteiger partial charge on any atom is -0.462 e. The smallest absolute Gasteiger partial charge is 0.462 e. The number of carbonyl (C=O) groups excluding carboxylic acids is 3. The van der Waals surface area contributed by atoms with Crippen LogP contribution in [-0.2, 0) is 37.5 Å². The molecule has 0 heterocycles. The molecule has 0 aliphatic carbocycles. The number of hydrogen-bond acceptors (Lipinski definition) is 8. The van der Waals surface area contributed by atoms with Gasteiger partial charge >= 0.3 is 19.8 Å². The van der Waals surface area contributed by atoms with Gasteiger partial charge in [0.1, 0.15) is 19.8 Å². The summed E-state index contributed by atoms with van der Waals surface area (Å²) in [6.45, 7) is 4.16. The van der Waals surface area contributed by atoms with Gasteiger partial charge in [0, 0.05) is 19.3 Å². The van der Waals surface area contributed by atoms with Crippen molar-refractivity contribution in [2.24, 2.45) is 0 Å². The van der Waals surface area contributed by atoms with E-state index in [1.807, 2.05) is 45.4 Å². The predicted molar refractivity (Wildman–Crippen MR) is 220 cm³/mol. The Morgan fingerprint density at radius 2 is 1.17 bits per heavy atom. The first-order chi connectivity index (χ1) is 25.9. The van der Waals surface area contributed by atoms with E-state index in [0.717, 1.165) is 51.4 Å². The second-order valence-electron chi connectivity index (χ2n) is 15.1. The molecule has 0 aromatic rings. The summed E-state index contributed by atoms with van der Waals surface area (Å²) in [4.78, 5) is 46.9. The van der Waals surface area contributed by atoms with Crippen LogP contribution in [0.25, 0.3) is 0 Å². The molecule has 0 aliphatic heterocycles. The molecule has 312 valence electrons. The number of hydrogen-bond donors (Lipinski definition) is 1. The lowest BCUT2D eigenvalue weighted by Gasteiger charge is -2.24. The summed E-state index contributed by atoms with van der Waals surface area (Å²) in [6, 6.07) is 0. The number of esters is 2. The third kappa shape index (κ3) is 37.9. The van der Waals surface area contributed by atoms with Crippen molar-refractivity contribution in [1.82, 2.24) is 0 Å². The Bertz CT molecular complexity index is 1130. The number of rotatable bonds is 37. The van der Waals surface area contributed by atoms with Crippen LogP contribution in [0.2, 0.25) is 0 Å². The minimum atomic E-state index is -4.39. The number of nitrogens with zero attached hydrogens (tertiary/aromatic N) is 1. The van der Waals surface area contributed by atoms with E-state index in [9.17, 15) is 23.8 Å². The van der Waals surface area contributed by atoms with Crippen molar-refractivity contribution in [2.75, 3.05) is 47.5 Å². The van der Waals surface area contributed by atoms with E-state index in [2.05, 4.69) is 26.0 Å². The van der Waals surface area contributed by atoms with Crippen molar-refractivity contribution in [1.29, 1.82) is 0 Å². The number of likely N-dealkylation sites (N-methyl/N-ethyl adjacent to an activating group) is 1. The summed E-state index contributed by atoms with van der Waals surface area (Å²) in [5.74, 6) is -0.729. The van der Waals surface area contributed by atoms with E-state index < -0.39 is 32.5 Å². The highest BCUT2D eigenvalue weighted by Gasteiger charge is 2.27. The Morgan fingerprint density at radius 3 is 1.80 bits per heavy atom. The maximum absolute atomic E-state index is 12.6. The summed E-state index contributed by atoms with van der Waals surface area (Å²) < 4.78 is 34.1. The Morgan fingerprint density at radius 1 is 0.630 bits per heavy atom. The summed E-state index contributed by atoms with van der Waals surface area (Å²) in [6.07, 6.45) is 35.7. The number of phosphoric acid groups is 1. The Balaban J connectivity index is 4.52. The molecule has 11 heteroatoms. The largest absolute Gasteiger partial charge is 0.472 e. The lowest BCUT2D eigenvalue weighted by Crippen LogP contribution is -2.37. The molecule has 0 saturated carbocycles. The average molecular weight is 783 g/mol. The maximum Gasteiger partial charge on any atom is 0.472 e. The second-order valence-corrected chi connectivity index (χ2v) is 16.5. The minimum absolute atomic E-state index is 0.0129. The average Bonchev–Trinajstić information content (AvgIpc) is 3.11. The molecule has 0 bridgehead atoms. The Hall–Kier alpha value is -2.36. The molecule has 1 unspecified atom stereocenters. The standard InChI is InChI=1S/C43H76NO9P/c1-6-8-10-11-12-13-14-17-21-24-27-31-35-43(47)53-41(39-52-54(48,49)51-37-36-44(3,4)5)38-50-42(46)34-30-26-23-20-18-15-16-19-22-25-29-33-40(45)32-28-9-7-2/h15-16,20,22-23,25,29,33,41H,6-14,17-19,21,24,26-28,30-32,34-39H2,1-5H3/p+1/b16-15-,23-20-,25-22-,33-29+/t41-/m1/s1. The number of allylic oxidation sites excluding steroid dienone is 8. The highest BCUT2D eigenvalue weighted by atomic mass is 31.2. The maximum atomic E-state index is 12.6. The van der Waals surface area contributed by atoms with Crippen molar-refractivity contribution in [3.63, 3.8) is 0 Å². The monoisotopic (exact) mass is 783 g/mol. The molecule has 0 radical (unpaired) electrons. The first-order valence-corrected chi connectivity index (χ1v) is 22.3. The number of unbranched alkanes of at least 4 members (excludes halogenated alkanes) is 14. The predicted octanol–water partition coefficient (Wildman–Crippen LogP) is 10.7. The van der Waals surface area contributed by atoms with Gasteiger partial charge in [-0.1, -0.05) is 140 Å². The molecule has 0 rings (SSSR count). The van der Waals surface area contributed by atoms with Crippen molar-refractivity contribution in [2.45, 2.75) is 161 Å². The topological polar surface area (TPSA) is 125 Å². The zero-order chi connectivity index (χ0) is 40.2. The van der Waals surface area contributed by atoms with E-state index in [1.54, 1.807) is 12.2 Å². The normalized spacial score (nSPS) is 14.0. The highest BCUT2D eigenvalue weighted by molar-refractivity contribution is 7.47. The lowest BCUT2D eigenvalue weighted by molar-refractivity contribution is -0.870. The first kappa shape index (κ1) is 51.6. The van der Waals surface area contributed by atoms with Crippen LogP contribution in [0.15, 0.2) is 48.6 Å². The van der Waals surface area contributed by atoms with Gasteiger partial charge in [-0.2, -0.15) is 0 Å². The van der Waals surface area contributed by atoms with Crippen LogP contribution in [0.1, 0.15) is 155 Å². The summed E-state index contributed by atoms with van der Waals surface area (Å²) in [7, 11) is 1.41. The van der Waals surface area contributed by atoms with E-state index in [0.29, 0.717) is 36.7 Å². The van der Waals surface area contributed by atoms with Crippen molar-refractivity contribution >= 4 is 25.5 Å². The molecule has 0 spiro atoms. The zero-order valence-electron chi connectivity index (χ0n) is 34.7. The van der Waals surface area contributed by atoms with Gasteiger partial charge in [0.2, 0.25) is 0 Å². The number of carbonyl (C=O) groups is 3. The van der Waals surface area contributed by atoms with Crippen LogP contribution >= 0.6 is 7.82 Å². The van der Waals surface area contributed by atoms with Gasteiger partial charge in [0.15, 0.2) is 11.9 Å². The molecule has 0 aromatic carbocycles. The molecule has 0 amide bonds. The summed E-state index contributed by atoms with van der Waals surface area (Å²) >= 11 is 0. The van der Waals surface area contributed by atoms with E-state index in [4.69, 9.17) is 18.5 Å². The molecule has 1 N–H and O–H groups in total. The van der Waals surface area contributed by atoms with Gasteiger partial charge in [-0.15, -0.1) is 0 Å².